The molecule has 0 spiro atoms. The van der Waals surface area contributed by atoms with Gasteiger partial charge in [0.05, 0.1) is 10.5 Å². The van der Waals surface area contributed by atoms with Crippen LogP contribution in [0.1, 0.15) is 15.9 Å². The summed E-state index contributed by atoms with van der Waals surface area (Å²) < 4.78 is 65.7. The highest BCUT2D eigenvalue weighted by atomic mass is 32.2. The molecule has 31 heavy (non-hydrogen) atoms. The second-order valence-electron chi connectivity index (χ2n) is 7.25. The number of fused-ring (bicyclic) bond motifs is 1. The van der Waals surface area contributed by atoms with E-state index in [1.54, 1.807) is 17.0 Å². The molecule has 5 nitrogen and oxygen atoms in total. The number of hydrogen-bond donors (Lipinski definition) is 0. The Morgan fingerprint density at radius 3 is 2.19 bits per heavy atom. The van der Waals surface area contributed by atoms with Crippen LogP contribution >= 0.6 is 0 Å². The number of alkyl halides is 3. The van der Waals surface area contributed by atoms with Gasteiger partial charge in [-0.05, 0) is 35.0 Å². The molecule has 3 aromatic carbocycles. The van der Waals surface area contributed by atoms with Crippen LogP contribution < -0.4 is 0 Å². The average Bonchev–Trinajstić information content (AvgIpc) is 2.78. The topological polar surface area (TPSA) is 57.7 Å². The predicted molar refractivity (Wildman–Crippen MR) is 110 cm³/mol. The van der Waals surface area contributed by atoms with Gasteiger partial charge < -0.3 is 4.90 Å². The van der Waals surface area contributed by atoms with E-state index >= 15 is 0 Å². The van der Waals surface area contributed by atoms with Crippen LogP contribution in [0.15, 0.2) is 71.6 Å². The second kappa shape index (κ2) is 7.97. The molecule has 1 aliphatic rings. The van der Waals surface area contributed by atoms with Crippen molar-refractivity contribution in [2.24, 2.45) is 0 Å². The molecule has 1 fully saturated rings. The minimum atomic E-state index is -4.63. The van der Waals surface area contributed by atoms with Gasteiger partial charge in [-0.15, -0.1) is 0 Å². The molecule has 0 bridgehead atoms. The molecule has 3 aromatic rings. The summed E-state index contributed by atoms with van der Waals surface area (Å²) in [5, 5.41) is 1.74. The van der Waals surface area contributed by atoms with Crippen LogP contribution in [-0.2, 0) is 16.2 Å². The van der Waals surface area contributed by atoms with Crippen LogP contribution in [0, 0.1) is 0 Å². The Kier molecular flexibility index (Phi) is 5.49. The van der Waals surface area contributed by atoms with Crippen molar-refractivity contribution >= 4 is 26.7 Å². The summed E-state index contributed by atoms with van der Waals surface area (Å²) in [5.41, 5.74) is -0.481. The molecule has 0 aliphatic carbocycles. The minimum absolute atomic E-state index is 0.00901. The van der Waals surface area contributed by atoms with E-state index in [1.165, 1.54) is 0 Å². The first kappa shape index (κ1) is 21.3. The highest BCUT2D eigenvalue weighted by Gasteiger charge is 2.34. The minimum Gasteiger partial charge on any atom is -0.336 e. The number of piperazine rings is 1. The molecule has 1 aliphatic heterocycles. The molecule has 1 heterocycles. The summed E-state index contributed by atoms with van der Waals surface area (Å²) in [7, 11) is -4.10. The van der Waals surface area contributed by atoms with Crippen molar-refractivity contribution in [2.45, 2.75) is 11.1 Å². The summed E-state index contributed by atoms with van der Waals surface area (Å²) in [5.74, 6) is -0.201. The Morgan fingerprint density at radius 2 is 1.48 bits per heavy atom. The first-order valence-corrected chi connectivity index (χ1v) is 11.1. The van der Waals surface area contributed by atoms with Gasteiger partial charge in [-0.25, -0.2) is 8.42 Å². The first-order chi connectivity index (χ1) is 14.7. The van der Waals surface area contributed by atoms with Crippen LogP contribution in [0.3, 0.4) is 0 Å². The van der Waals surface area contributed by atoms with E-state index in [4.69, 9.17) is 0 Å². The molecular weight excluding hydrogens is 429 g/mol. The molecule has 0 saturated carbocycles. The molecular formula is C22H19F3N2O3S. The largest absolute Gasteiger partial charge is 0.416 e. The first-order valence-electron chi connectivity index (χ1n) is 9.62. The van der Waals surface area contributed by atoms with Crippen molar-refractivity contribution in [2.75, 3.05) is 26.2 Å². The van der Waals surface area contributed by atoms with Crippen molar-refractivity contribution in [1.29, 1.82) is 0 Å². The van der Waals surface area contributed by atoms with Crippen molar-refractivity contribution in [3.8, 4) is 0 Å². The zero-order chi connectivity index (χ0) is 22.2. The van der Waals surface area contributed by atoms with Gasteiger partial charge in [0.25, 0.3) is 5.91 Å². The van der Waals surface area contributed by atoms with Crippen LogP contribution in [0.2, 0.25) is 0 Å². The van der Waals surface area contributed by atoms with Crippen molar-refractivity contribution < 1.29 is 26.4 Å². The smallest absolute Gasteiger partial charge is 0.336 e. The Morgan fingerprint density at radius 1 is 0.839 bits per heavy atom. The molecule has 4 rings (SSSR count). The normalized spacial score (nSPS) is 15.9. The van der Waals surface area contributed by atoms with E-state index in [2.05, 4.69) is 0 Å². The lowest BCUT2D eigenvalue weighted by Gasteiger charge is -2.34. The van der Waals surface area contributed by atoms with Crippen LogP contribution in [0.25, 0.3) is 10.8 Å². The number of hydrogen-bond acceptors (Lipinski definition) is 3. The van der Waals surface area contributed by atoms with Gasteiger partial charge in [0.2, 0.25) is 10.0 Å². The molecule has 1 amide bonds. The third kappa shape index (κ3) is 4.15. The fraction of sp³-hybridized carbons (Fsp3) is 0.227. The number of halogens is 3. The van der Waals surface area contributed by atoms with E-state index in [-0.39, 0.29) is 32.1 Å². The molecule has 162 valence electrons. The van der Waals surface area contributed by atoms with E-state index in [0.717, 1.165) is 33.3 Å². The maximum absolute atomic E-state index is 13.0. The zero-order valence-corrected chi connectivity index (χ0v) is 17.2. The van der Waals surface area contributed by atoms with E-state index in [1.807, 2.05) is 30.3 Å². The van der Waals surface area contributed by atoms with Gasteiger partial charge in [0, 0.05) is 31.7 Å². The summed E-state index contributed by atoms with van der Waals surface area (Å²) in [6.07, 6.45) is -4.63. The van der Waals surface area contributed by atoms with Gasteiger partial charge in [-0.1, -0.05) is 42.5 Å². The summed E-state index contributed by atoms with van der Waals surface area (Å²) >= 11 is 0. The van der Waals surface area contributed by atoms with Crippen LogP contribution in [-0.4, -0.2) is 49.7 Å². The molecule has 9 heteroatoms. The number of carbonyl (C=O) groups is 1. The third-order valence-corrected chi connectivity index (χ3v) is 7.24. The maximum Gasteiger partial charge on any atom is 0.416 e. The lowest BCUT2D eigenvalue weighted by molar-refractivity contribution is -0.137. The van der Waals surface area contributed by atoms with Crippen molar-refractivity contribution in [3.63, 3.8) is 0 Å². The summed E-state index contributed by atoms with van der Waals surface area (Å²) in [6, 6.07) is 16.6. The summed E-state index contributed by atoms with van der Waals surface area (Å²) in [6.45, 7) is 0.324. The zero-order valence-electron chi connectivity index (χ0n) is 16.3. The summed E-state index contributed by atoms with van der Waals surface area (Å²) in [4.78, 5) is 14.2. The van der Waals surface area contributed by atoms with Gasteiger partial charge in [-0.3, -0.25) is 4.79 Å². The van der Waals surface area contributed by atoms with Crippen molar-refractivity contribution in [3.05, 3.63) is 77.9 Å². The molecule has 0 aromatic heterocycles. The lowest BCUT2D eigenvalue weighted by atomic mass is 10.0. The van der Waals surface area contributed by atoms with Crippen molar-refractivity contribution in [1.82, 2.24) is 9.21 Å². The Bertz CT molecular complexity index is 1230. The highest BCUT2D eigenvalue weighted by Crippen LogP contribution is 2.31. The second-order valence-corrected chi connectivity index (χ2v) is 9.19. The van der Waals surface area contributed by atoms with E-state index in [0.29, 0.717) is 11.6 Å². The number of benzene rings is 3. The SMILES string of the molecule is O=C(c1cccc2ccccc12)N1CCN(S(=O)(=O)c2cccc(C(F)(F)F)c2)CC1. The molecule has 0 unspecified atom stereocenters. The van der Waals surface area contributed by atoms with E-state index in [9.17, 15) is 26.4 Å². The quantitative estimate of drug-likeness (QED) is 0.609. The monoisotopic (exact) mass is 448 g/mol. The number of amides is 1. The van der Waals surface area contributed by atoms with Gasteiger partial charge in [0.15, 0.2) is 0 Å². The Labute approximate surface area is 177 Å². The predicted octanol–water partition coefficient (Wildman–Crippen LogP) is 4.01. The maximum atomic E-state index is 13.0. The Balaban J connectivity index is 1.51. The van der Waals surface area contributed by atoms with E-state index < -0.39 is 26.7 Å². The molecule has 0 radical (unpaired) electrons. The average molecular weight is 448 g/mol. The van der Waals surface area contributed by atoms with Crippen LogP contribution in [0.4, 0.5) is 13.2 Å². The Hall–Kier alpha value is -2.91. The number of rotatable bonds is 3. The van der Waals surface area contributed by atoms with Crippen LogP contribution in [0.5, 0.6) is 0 Å². The molecule has 0 N–H and O–H groups in total. The number of nitrogens with zero attached hydrogens (tertiary/aromatic N) is 2. The van der Waals surface area contributed by atoms with Gasteiger partial charge in [0.1, 0.15) is 0 Å². The fourth-order valence-corrected chi connectivity index (χ4v) is 5.16. The fourth-order valence-electron chi connectivity index (χ4n) is 3.70. The van der Waals surface area contributed by atoms with Gasteiger partial charge >= 0.3 is 6.18 Å². The highest BCUT2D eigenvalue weighted by molar-refractivity contribution is 7.89. The van der Waals surface area contributed by atoms with Gasteiger partial charge in [-0.2, -0.15) is 17.5 Å². The standard InChI is InChI=1S/C22H19F3N2O3S/c23-22(24,25)17-7-4-8-18(15-17)31(29,30)27-13-11-26(12-14-27)21(28)20-10-3-6-16-5-1-2-9-19(16)20/h1-10,15H,11-14H2. The molecule has 0 atom stereocenters. The lowest BCUT2D eigenvalue weighted by Crippen LogP contribution is -2.50. The third-order valence-electron chi connectivity index (χ3n) is 5.35. The molecule has 1 saturated heterocycles. The number of carbonyl (C=O) groups excluding carboxylic acids is 1. The number of sulfonamides is 1.